The number of rotatable bonds is 3. The number of aryl methyl sites for hydroxylation is 2. The summed E-state index contributed by atoms with van der Waals surface area (Å²) in [5.74, 6) is 0.737. The molecular weight excluding hydrogens is 328 g/mol. The van der Waals surface area contributed by atoms with Crippen molar-refractivity contribution < 1.29 is 4.42 Å². The van der Waals surface area contributed by atoms with Gasteiger partial charge in [0, 0.05) is 22.1 Å². The summed E-state index contributed by atoms with van der Waals surface area (Å²) in [5.41, 5.74) is 3.89. The van der Waals surface area contributed by atoms with Crippen molar-refractivity contribution in [2.45, 2.75) is 24.5 Å². The monoisotopic (exact) mass is 346 g/mol. The van der Waals surface area contributed by atoms with Gasteiger partial charge < -0.3 is 4.42 Å². The summed E-state index contributed by atoms with van der Waals surface area (Å²) in [6.07, 6.45) is 0. The lowest BCUT2D eigenvalue weighted by molar-refractivity contribution is 0.560. The van der Waals surface area contributed by atoms with Crippen LogP contribution in [0, 0.1) is 13.8 Å². The number of hydrogen-bond donors (Lipinski definition) is 0. The highest BCUT2D eigenvalue weighted by molar-refractivity contribution is 7.98. The molecule has 124 valence electrons. The van der Waals surface area contributed by atoms with Crippen LogP contribution in [-0.4, -0.2) is 0 Å². The Morgan fingerprint density at radius 2 is 1.80 bits per heavy atom. The molecule has 0 amide bonds. The number of hydrogen-bond acceptors (Lipinski definition) is 3. The molecule has 4 aromatic rings. The van der Waals surface area contributed by atoms with Crippen molar-refractivity contribution in [3.63, 3.8) is 0 Å². The van der Waals surface area contributed by atoms with Gasteiger partial charge in [-0.2, -0.15) is 0 Å². The van der Waals surface area contributed by atoms with Crippen LogP contribution in [0.25, 0.3) is 21.7 Å². The second-order valence-electron chi connectivity index (χ2n) is 6.31. The second kappa shape index (κ2) is 6.41. The number of fused-ring (bicyclic) bond motifs is 3. The molecule has 0 atom stereocenters. The Bertz CT molecular complexity index is 1140. The second-order valence-corrected chi connectivity index (χ2v) is 7.33. The maximum atomic E-state index is 12.0. The van der Waals surface area contributed by atoms with Crippen LogP contribution in [0.2, 0.25) is 0 Å². The van der Waals surface area contributed by atoms with E-state index in [-0.39, 0.29) is 5.63 Å². The van der Waals surface area contributed by atoms with Crippen molar-refractivity contribution in [1.82, 2.24) is 0 Å². The Balaban J connectivity index is 1.84. The van der Waals surface area contributed by atoms with Crippen LogP contribution in [0.4, 0.5) is 0 Å². The highest BCUT2D eigenvalue weighted by atomic mass is 32.2. The van der Waals surface area contributed by atoms with E-state index in [1.165, 1.54) is 16.0 Å². The molecule has 3 heteroatoms. The molecule has 0 saturated heterocycles. The van der Waals surface area contributed by atoms with Gasteiger partial charge in [0.05, 0.1) is 0 Å². The first-order chi connectivity index (χ1) is 12.1. The van der Waals surface area contributed by atoms with Crippen LogP contribution < -0.4 is 5.63 Å². The summed E-state index contributed by atoms with van der Waals surface area (Å²) in [6, 6.07) is 20.2. The molecule has 0 aliphatic carbocycles. The van der Waals surface area contributed by atoms with Gasteiger partial charge in [-0.05, 0) is 47.9 Å². The maximum absolute atomic E-state index is 12.0. The van der Waals surface area contributed by atoms with Crippen molar-refractivity contribution in [3.05, 3.63) is 87.8 Å². The van der Waals surface area contributed by atoms with Gasteiger partial charge in [0.25, 0.3) is 0 Å². The summed E-state index contributed by atoms with van der Waals surface area (Å²) in [6.45, 7) is 4.22. The van der Waals surface area contributed by atoms with E-state index >= 15 is 0 Å². The first-order valence-corrected chi connectivity index (χ1v) is 9.25. The molecule has 0 aliphatic heterocycles. The maximum Gasteiger partial charge on any atom is 0.336 e. The molecule has 0 aliphatic rings. The molecule has 1 aromatic heterocycles. The lowest BCUT2D eigenvalue weighted by Crippen LogP contribution is -2.00. The van der Waals surface area contributed by atoms with Crippen LogP contribution >= 0.6 is 11.8 Å². The lowest BCUT2D eigenvalue weighted by Gasteiger charge is -2.10. The third-order valence-corrected chi connectivity index (χ3v) is 5.65. The molecule has 0 radical (unpaired) electrons. The summed E-state index contributed by atoms with van der Waals surface area (Å²) in [5, 5.41) is 3.32. The molecule has 2 nitrogen and oxygen atoms in total. The topological polar surface area (TPSA) is 30.2 Å². The van der Waals surface area contributed by atoms with Crippen molar-refractivity contribution in [3.8, 4) is 0 Å². The summed E-state index contributed by atoms with van der Waals surface area (Å²) < 4.78 is 5.44. The van der Waals surface area contributed by atoms with Crippen LogP contribution in [0.1, 0.15) is 16.7 Å². The van der Waals surface area contributed by atoms with Crippen LogP contribution in [-0.2, 0) is 5.75 Å². The first kappa shape index (κ1) is 16.0. The molecule has 0 bridgehead atoms. The minimum atomic E-state index is -0.292. The average Bonchev–Trinajstić information content (AvgIpc) is 2.61. The number of benzene rings is 3. The quantitative estimate of drug-likeness (QED) is 0.264. The van der Waals surface area contributed by atoms with Gasteiger partial charge >= 0.3 is 5.63 Å². The smallest absolute Gasteiger partial charge is 0.336 e. The van der Waals surface area contributed by atoms with E-state index in [2.05, 4.69) is 44.2 Å². The Kier molecular flexibility index (Phi) is 4.10. The Labute approximate surface area is 150 Å². The summed E-state index contributed by atoms with van der Waals surface area (Å²) in [4.78, 5) is 13.2. The highest BCUT2D eigenvalue weighted by Gasteiger charge is 2.10. The zero-order chi connectivity index (χ0) is 17.4. The van der Waals surface area contributed by atoms with Gasteiger partial charge in [-0.3, -0.25) is 0 Å². The molecule has 0 saturated carbocycles. The standard InChI is InChI=1S/C22H18O2S/c1-14-7-8-15(2)20(11-14)25-13-17-12-21(23)24-19-10-9-16-5-3-4-6-18(16)22(17)19/h3-12H,13H2,1-2H3. The molecule has 0 N–H and O–H groups in total. The van der Waals surface area contributed by atoms with E-state index in [1.54, 1.807) is 17.8 Å². The summed E-state index contributed by atoms with van der Waals surface area (Å²) in [7, 11) is 0. The third kappa shape index (κ3) is 3.08. The fourth-order valence-corrected chi connectivity index (χ4v) is 4.26. The van der Waals surface area contributed by atoms with E-state index in [4.69, 9.17) is 4.42 Å². The minimum absolute atomic E-state index is 0.292. The molecule has 3 aromatic carbocycles. The molecule has 0 fully saturated rings. The molecule has 4 rings (SSSR count). The van der Waals surface area contributed by atoms with Gasteiger partial charge in [-0.25, -0.2) is 4.79 Å². The zero-order valence-electron chi connectivity index (χ0n) is 14.2. The van der Waals surface area contributed by atoms with Gasteiger partial charge in [0.1, 0.15) is 5.58 Å². The van der Waals surface area contributed by atoms with Crippen molar-refractivity contribution in [2.75, 3.05) is 0 Å². The van der Waals surface area contributed by atoms with Crippen LogP contribution in [0.15, 0.2) is 74.8 Å². The highest BCUT2D eigenvalue weighted by Crippen LogP contribution is 2.32. The van der Waals surface area contributed by atoms with Crippen molar-refractivity contribution in [2.24, 2.45) is 0 Å². The first-order valence-electron chi connectivity index (χ1n) is 8.26. The third-order valence-electron chi connectivity index (χ3n) is 4.44. The zero-order valence-corrected chi connectivity index (χ0v) is 15.0. The lowest BCUT2D eigenvalue weighted by atomic mass is 10.0. The Morgan fingerprint density at radius 3 is 2.68 bits per heavy atom. The largest absolute Gasteiger partial charge is 0.423 e. The predicted octanol–water partition coefficient (Wildman–Crippen LogP) is 5.86. The van der Waals surface area contributed by atoms with E-state index in [1.807, 2.05) is 24.3 Å². The van der Waals surface area contributed by atoms with Crippen LogP contribution in [0.3, 0.4) is 0 Å². The fraction of sp³-hybridized carbons (Fsp3) is 0.136. The SMILES string of the molecule is Cc1ccc(C)c(SCc2cc(=O)oc3ccc4ccccc4c23)c1. The van der Waals surface area contributed by atoms with Gasteiger partial charge in [0.15, 0.2) is 0 Å². The van der Waals surface area contributed by atoms with E-state index < -0.39 is 0 Å². The Morgan fingerprint density at radius 1 is 0.960 bits per heavy atom. The van der Waals surface area contributed by atoms with E-state index in [0.29, 0.717) is 5.58 Å². The van der Waals surface area contributed by atoms with Gasteiger partial charge in [-0.15, -0.1) is 11.8 Å². The fourth-order valence-electron chi connectivity index (χ4n) is 3.15. The van der Waals surface area contributed by atoms with E-state index in [9.17, 15) is 4.79 Å². The molecule has 25 heavy (non-hydrogen) atoms. The Hall–Kier alpha value is -2.52. The minimum Gasteiger partial charge on any atom is -0.423 e. The predicted molar refractivity (Wildman–Crippen MR) is 105 cm³/mol. The van der Waals surface area contributed by atoms with Gasteiger partial charge in [0.2, 0.25) is 0 Å². The summed E-state index contributed by atoms with van der Waals surface area (Å²) >= 11 is 1.77. The van der Waals surface area contributed by atoms with E-state index in [0.717, 1.165) is 27.5 Å². The molecule has 0 unspecified atom stereocenters. The molecular formula is C22H18O2S. The average molecular weight is 346 g/mol. The van der Waals surface area contributed by atoms with Crippen molar-refractivity contribution in [1.29, 1.82) is 0 Å². The molecule has 1 heterocycles. The number of thioether (sulfide) groups is 1. The van der Waals surface area contributed by atoms with Gasteiger partial charge in [-0.1, -0.05) is 48.0 Å². The van der Waals surface area contributed by atoms with Crippen LogP contribution in [0.5, 0.6) is 0 Å². The van der Waals surface area contributed by atoms with Crippen molar-refractivity contribution >= 4 is 33.5 Å². The normalized spacial score (nSPS) is 11.3. The molecule has 0 spiro atoms.